The van der Waals surface area contributed by atoms with Gasteiger partial charge in [0.15, 0.2) is 0 Å². The molecule has 0 rings (SSSR count). The summed E-state index contributed by atoms with van der Waals surface area (Å²) in [5.41, 5.74) is 0. The minimum absolute atomic E-state index is 0.0392. The van der Waals surface area contributed by atoms with Crippen molar-refractivity contribution in [2.75, 3.05) is 46.0 Å². The number of nitrogens with zero attached hydrogens (tertiary/aromatic N) is 1. The maximum atomic E-state index is 11.8. The van der Waals surface area contributed by atoms with Crippen molar-refractivity contribution in [2.45, 2.75) is 77.7 Å². The van der Waals surface area contributed by atoms with E-state index in [1.165, 1.54) is 38.5 Å². The third kappa shape index (κ3) is 16.8. The molecule has 26 heavy (non-hydrogen) atoms. The largest absolute Gasteiger partial charge is 0.395 e. The number of unbranched alkanes of at least 4 members (excludes halogenated alkanes) is 7. The number of hydrogen-bond donors (Lipinski definition) is 3. The van der Waals surface area contributed by atoms with Gasteiger partial charge in [0.25, 0.3) is 0 Å². The fraction of sp³-hybridized carbons (Fsp3) is 0.950. The number of amides is 1. The summed E-state index contributed by atoms with van der Waals surface area (Å²) >= 11 is 0. The maximum absolute atomic E-state index is 11.8. The molecule has 1 atom stereocenters. The molecule has 3 N–H and O–H groups in total. The molecule has 6 heteroatoms. The molecule has 0 radical (unpaired) electrons. The summed E-state index contributed by atoms with van der Waals surface area (Å²) in [5.74, 6) is 0.105. The van der Waals surface area contributed by atoms with E-state index in [1.807, 2.05) is 11.8 Å². The fourth-order valence-corrected chi connectivity index (χ4v) is 2.83. The molecule has 0 aliphatic heterocycles. The van der Waals surface area contributed by atoms with Gasteiger partial charge in [-0.2, -0.15) is 0 Å². The second-order valence-electron chi connectivity index (χ2n) is 7.00. The van der Waals surface area contributed by atoms with E-state index >= 15 is 0 Å². The minimum atomic E-state index is -0.0392. The van der Waals surface area contributed by atoms with Gasteiger partial charge in [0.2, 0.25) is 5.91 Å². The Kier molecular flexibility index (Phi) is 18.6. The van der Waals surface area contributed by atoms with Crippen LogP contribution in [0.25, 0.3) is 0 Å². The Hall–Kier alpha value is -0.690. The van der Waals surface area contributed by atoms with Gasteiger partial charge in [0, 0.05) is 32.6 Å². The normalized spacial score (nSPS) is 12.5. The molecular formula is C20H42N2O4. The first kappa shape index (κ1) is 25.3. The van der Waals surface area contributed by atoms with Crippen LogP contribution in [-0.4, -0.2) is 73.1 Å². The first-order chi connectivity index (χ1) is 12.6. The molecule has 1 amide bonds. The van der Waals surface area contributed by atoms with Gasteiger partial charge in [-0.3, -0.25) is 9.69 Å². The zero-order valence-corrected chi connectivity index (χ0v) is 17.0. The van der Waals surface area contributed by atoms with Crippen LogP contribution < -0.4 is 5.32 Å². The lowest BCUT2D eigenvalue weighted by atomic mass is 10.1. The van der Waals surface area contributed by atoms with Gasteiger partial charge in [-0.1, -0.05) is 51.9 Å². The zero-order chi connectivity index (χ0) is 19.5. The Morgan fingerprint density at radius 1 is 0.962 bits per heavy atom. The molecule has 0 aromatic carbocycles. The van der Waals surface area contributed by atoms with Crippen molar-refractivity contribution >= 4 is 5.91 Å². The molecule has 6 nitrogen and oxygen atoms in total. The number of rotatable bonds is 19. The summed E-state index contributed by atoms with van der Waals surface area (Å²) < 4.78 is 5.69. The van der Waals surface area contributed by atoms with E-state index < -0.39 is 0 Å². The van der Waals surface area contributed by atoms with Crippen LogP contribution in [0, 0.1) is 0 Å². The minimum Gasteiger partial charge on any atom is -0.395 e. The maximum Gasteiger partial charge on any atom is 0.220 e. The number of nitrogens with one attached hydrogen (secondary N) is 1. The van der Waals surface area contributed by atoms with E-state index in [2.05, 4.69) is 12.2 Å². The highest BCUT2D eigenvalue weighted by molar-refractivity contribution is 5.75. The number of carbonyl (C=O) groups excluding carboxylic acids is 1. The van der Waals surface area contributed by atoms with Crippen LogP contribution in [0.2, 0.25) is 0 Å². The Morgan fingerprint density at radius 3 is 2.12 bits per heavy atom. The van der Waals surface area contributed by atoms with Gasteiger partial charge in [0.1, 0.15) is 0 Å². The summed E-state index contributed by atoms with van der Waals surface area (Å²) in [4.78, 5) is 13.8. The van der Waals surface area contributed by atoms with E-state index in [4.69, 9.17) is 14.9 Å². The van der Waals surface area contributed by atoms with Crippen molar-refractivity contribution < 1.29 is 19.7 Å². The lowest BCUT2D eigenvalue weighted by molar-refractivity contribution is -0.121. The second kappa shape index (κ2) is 19.1. The smallest absolute Gasteiger partial charge is 0.220 e. The third-order valence-electron chi connectivity index (χ3n) is 4.49. The molecule has 0 aromatic heterocycles. The number of aliphatic hydroxyl groups excluding tert-OH is 2. The Morgan fingerprint density at radius 2 is 1.54 bits per heavy atom. The van der Waals surface area contributed by atoms with E-state index in [0.717, 1.165) is 12.8 Å². The van der Waals surface area contributed by atoms with Gasteiger partial charge in [0.05, 0.1) is 25.9 Å². The highest BCUT2D eigenvalue weighted by Gasteiger charge is 2.08. The first-order valence-corrected chi connectivity index (χ1v) is 10.5. The molecule has 156 valence electrons. The number of ether oxygens (including phenoxy) is 1. The van der Waals surface area contributed by atoms with Crippen molar-refractivity contribution in [3.8, 4) is 0 Å². The van der Waals surface area contributed by atoms with Crippen molar-refractivity contribution in [1.82, 2.24) is 10.2 Å². The van der Waals surface area contributed by atoms with Crippen LogP contribution in [0.3, 0.4) is 0 Å². The molecule has 0 aliphatic carbocycles. The average Bonchev–Trinajstić information content (AvgIpc) is 2.62. The number of aliphatic hydroxyl groups is 2. The van der Waals surface area contributed by atoms with Crippen LogP contribution in [0.15, 0.2) is 0 Å². The molecule has 1 unspecified atom stereocenters. The van der Waals surface area contributed by atoms with Gasteiger partial charge < -0.3 is 20.3 Å². The second-order valence-corrected chi connectivity index (χ2v) is 7.00. The van der Waals surface area contributed by atoms with Crippen molar-refractivity contribution in [3.63, 3.8) is 0 Å². The van der Waals surface area contributed by atoms with Crippen LogP contribution in [-0.2, 0) is 9.53 Å². The topological polar surface area (TPSA) is 82.0 Å². The van der Waals surface area contributed by atoms with Gasteiger partial charge in [-0.15, -0.1) is 0 Å². The molecule has 0 heterocycles. The van der Waals surface area contributed by atoms with E-state index in [9.17, 15) is 4.79 Å². The summed E-state index contributed by atoms with van der Waals surface area (Å²) in [5, 5.41) is 20.8. The van der Waals surface area contributed by atoms with Crippen molar-refractivity contribution in [2.24, 2.45) is 0 Å². The molecule has 0 saturated heterocycles. The fourth-order valence-electron chi connectivity index (χ4n) is 2.83. The summed E-state index contributed by atoms with van der Waals surface area (Å²) in [7, 11) is 0. The van der Waals surface area contributed by atoms with Gasteiger partial charge in [-0.25, -0.2) is 0 Å². The van der Waals surface area contributed by atoms with Crippen LogP contribution in [0.1, 0.15) is 71.6 Å². The quantitative estimate of drug-likeness (QED) is 0.302. The number of hydrogen-bond acceptors (Lipinski definition) is 5. The standard InChI is InChI=1S/C20H42N2O4/c1-3-4-5-6-7-8-9-10-11-20(25)21-18-19(2)26-17-14-22(12-15-23)13-16-24/h19,23-24H,3-18H2,1-2H3,(H,21,25). The Bertz CT molecular complexity index is 310. The lowest BCUT2D eigenvalue weighted by Crippen LogP contribution is -2.36. The highest BCUT2D eigenvalue weighted by Crippen LogP contribution is 2.09. The van der Waals surface area contributed by atoms with Crippen LogP contribution in [0.5, 0.6) is 0 Å². The third-order valence-corrected chi connectivity index (χ3v) is 4.49. The van der Waals surface area contributed by atoms with E-state index in [0.29, 0.717) is 39.2 Å². The molecule has 0 aliphatic rings. The average molecular weight is 375 g/mol. The number of carbonyl (C=O) groups is 1. The van der Waals surface area contributed by atoms with E-state index in [1.54, 1.807) is 0 Å². The van der Waals surface area contributed by atoms with E-state index in [-0.39, 0.29) is 25.2 Å². The predicted octanol–water partition coefficient (Wildman–Crippen LogP) is 2.33. The molecule has 0 bridgehead atoms. The SMILES string of the molecule is CCCCCCCCCCC(=O)NCC(C)OCCN(CCO)CCO. The first-order valence-electron chi connectivity index (χ1n) is 10.5. The highest BCUT2D eigenvalue weighted by atomic mass is 16.5. The Balaban J connectivity index is 3.54. The summed E-state index contributed by atoms with van der Waals surface area (Å²) in [6.07, 6.45) is 10.5. The van der Waals surface area contributed by atoms with Gasteiger partial charge >= 0.3 is 0 Å². The summed E-state index contributed by atoms with van der Waals surface area (Å²) in [6, 6.07) is 0. The molecule has 0 saturated carbocycles. The predicted molar refractivity (Wildman–Crippen MR) is 106 cm³/mol. The monoisotopic (exact) mass is 374 g/mol. The van der Waals surface area contributed by atoms with Crippen molar-refractivity contribution in [3.05, 3.63) is 0 Å². The van der Waals surface area contributed by atoms with Crippen molar-refractivity contribution in [1.29, 1.82) is 0 Å². The molecule has 0 spiro atoms. The molecule has 0 fully saturated rings. The van der Waals surface area contributed by atoms with Gasteiger partial charge in [-0.05, 0) is 13.3 Å². The summed E-state index contributed by atoms with van der Waals surface area (Å²) in [6.45, 7) is 7.10. The van der Waals surface area contributed by atoms with Crippen LogP contribution >= 0.6 is 0 Å². The Labute approximate surface area is 160 Å². The lowest BCUT2D eigenvalue weighted by Gasteiger charge is -2.21. The molecular weight excluding hydrogens is 332 g/mol. The zero-order valence-electron chi connectivity index (χ0n) is 17.0. The molecule has 0 aromatic rings. The van der Waals surface area contributed by atoms with Crippen LogP contribution in [0.4, 0.5) is 0 Å².